The van der Waals surface area contributed by atoms with Gasteiger partial charge in [-0.05, 0) is 47.9 Å². The number of anilines is 1. The lowest BCUT2D eigenvalue weighted by molar-refractivity contribution is 0.287. The van der Waals surface area contributed by atoms with Crippen LogP contribution in [0, 0.1) is 5.82 Å². The van der Waals surface area contributed by atoms with Crippen molar-refractivity contribution in [2.75, 3.05) is 5.73 Å². The number of halogens is 1. The average molecular weight is 233 g/mol. The van der Waals surface area contributed by atoms with E-state index in [4.69, 9.17) is 5.73 Å². The molecule has 2 N–H and O–H groups in total. The molecule has 1 fully saturated rings. The van der Waals surface area contributed by atoms with Crippen LogP contribution in [0.4, 0.5) is 10.1 Å². The van der Waals surface area contributed by atoms with Crippen LogP contribution in [0.25, 0.3) is 11.4 Å². The van der Waals surface area contributed by atoms with E-state index < -0.39 is 0 Å². The van der Waals surface area contributed by atoms with Gasteiger partial charge in [0, 0.05) is 5.69 Å². The van der Waals surface area contributed by atoms with Crippen molar-refractivity contribution in [2.24, 2.45) is 0 Å². The lowest BCUT2D eigenvalue weighted by atomic mass is 9.93. The van der Waals surface area contributed by atoms with Gasteiger partial charge in [-0.25, -0.2) is 9.07 Å². The molecule has 1 aromatic carbocycles. The highest BCUT2D eigenvalue weighted by Gasteiger charge is 2.25. The van der Waals surface area contributed by atoms with Crippen LogP contribution >= 0.6 is 0 Å². The van der Waals surface area contributed by atoms with Gasteiger partial charge in [0.1, 0.15) is 5.82 Å². The molecule has 1 heterocycles. The minimum atomic E-state index is -0.389. The van der Waals surface area contributed by atoms with Crippen LogP contribution in [-0.4, -0.2) is 20.2 Å². The summed E-state index contributed by atoms with van der Waals surface area (Å²) in [4.78, 5) is 0. The molecule has 0 atom stereocenters. The Labute approximate surface area is 97.4 Å². The van der Waals surface area contributed by atoms with Crippen molar-refractivity contribution >= 4 is 5.69 Å². The fourth-order valence-corrected chi connectivity index (χ4v) is 1.96. The number of rotatable bonds is 2. The van der Waals surface area contributed by atoms with Crippen molar-refractivity contribution in [3.63, 3.8) is 0 Å². The van der Waals surface area contributed by atoms with Gasteiger partial charge in [-0.2, -0.15) is 0 Å². The van der Waals surface area contributed by atoms with Crippen molar-refractivity contribution < 1.29 is 4.39 Å². The van der Waals surface area contributed by atoms with Crippen LogP contribution in [0.3, 0.4) is 0 Å². The first-order valence-corrected chi connectivity index (χ1v) is 5.59. The van der Waals surface area contributed by atoms with Gasteiger partial charge in [0.2, 0.25) is 0 Å². The highest BCUT2D eigenvalue weighted by atomic mass is 19.1. The molecule has 1 aromatic heterocycles. The Morgan fingerprint density at radius 1 is 1.35 bits per heavy atom. The standard InChI is InChI=1S/C11H12FN5/c12-10-6-7(13)4-5-9(10)11-14-15-16-17(11)8-2-1-3-8/h4-6,8H,1-3,13H2. The lowest BCUT2D eigenvalue weighted by Gasteiger charge is -2.25. The largest absolute Gasteiger partial charge is 0.399 e. The van der Waals surface area contributed by atoms with Crippen LogP contribution in [0.5, 0.6) is 0 Å². The molecular weight excluding hydrogens is 221 g/mol. The Kier molecular flexibility index (Phi) is 2.28. The summed E-state index contributed by atoms with van der Waals surface area (Å²) in [6, 6.07) is 4.86. The van der Waals surface area contributed by atoms with Crippen LogP contribution in [0.1, 0.15) is 25.3 Å². The first-order valence-electron chi connectivity index (χ1n) is 5.59. The number of nitrogens with two attached hydrogens (primary N) is 1. The van der Waals surface area contributed by atoms with Gasteiger partial charge < -0.3 is 5.73 Å². The lowest BCUT2D eigenvalue weighted by Crippen LogP contribution is -2.19. The summed E-state index contributed by atoms with van der Waals surface area (Å²) in [5.74, 6) is 0.0903. The summed E-state index contributed by atoms with van der Waals surface area (Å²) in [5, 5.41) is 11.5. The highest BCUT2D eigenvalue weighted by molar-refractivity contribution is 5.59. The van der Waals surface area contributed by atoms with Crippen LogP contribution < -0.4 is 5.73 Å². The molecule has 2 aromatic rings. The van der Waals surface area contributed by atoms with Crippen molar-refractivity contribution in [1.82, 2.24) is 20.2 Å². The predicted molar refractivity (Wildman–Crippen MR) is 60.5 cm³/mol. The number of benzene rings is 1. The number of nitrogens with zero attached hydrogens (tertiary/aromatic N) is 4. The molecule has 6 heteroatoms. The second-order valence-electron chi connectivity index (χ2n) is 4.27. The zero-order valence-corrected chi connectivity index (χ0v) is 9.17. The average Bonchev–Trinajstić information content (AvgIpc) is 2.64. The van der Waals surface area contributed by atoms with E-state index in [2.05, 4.69) is 15.5 Å². The molecule has 1 saturated carbocycles. The Balaban J connectivity index is 2.05. The molecule has 88 valence electrons. The summed E-state index contributed by atoms with van der Waals surface area (Å²) in [6.07, 6.45) is 3.28. The second kappa shape index (κ2) is 3.80. The van der Waals surface area contributed by atoms with Crippen molar-refractivity contribution in [2.45, 2.75) is 25.3 Å². The highest BCUT2D eigenvalue weighted by Crippen LogP contribution is 2.34. The number of hydrogen-bond donors (Lipinski definition) is 1. The molecule has 3 rings (SSSR count). The van der Waals surface area contributed by atoms with E-state index in [1.807, 2.05) is 0 Å². The van der Waals surface area contributed by atoms with E-state index in [1.165, 1.54) is 12.5 Å². The third-order valence-electron chi connectivity index (χ3n) is 3.15. The summed E-state index contributed by atoms with van der Waals surface area (Å²) >= 11 is 0. The van der Waals surface area contributed by atoms with Crippen molar-refractivity contribution in [1.29, 1.82) is 0 Å². The first-order chi connectivity index (χ1) is 8.25. The van der Waals surface area contributed by atoms with Crippen LogP contribution in [-0.2, 0) is 0 Å². The molecule has 0 aliphatic heterocycles. The number of aromatic nitrogens is 4. The Morgan fingerprint density at radius 2 is 2.18 bits per heavy atom. The van der Waals surface area contributed by atoms with E-state index in [0.29, 0.717) is 23.1 Å². The van der Waals surface area contributed by atoms with Gasteiger partial charge in [0.15, 0.2) is 5.82 Å². The van der Waals surface area contributed by atoms with Gasteiger partial charge in [0.25, 0.3) is 0 Å². The maximum Gasteiger partial charge on any atom is 0.185 e. The quantitative estimate of drug-likeness (QED) is 0.803. The molecule has 1 aliphatic carbocycles. The van der Waals surface area contributed by atoms with Gasteiger partial charge in [-0.3, -0.25) is 0 Å². The minimum absolute atomic E-state index is 0.303. The monoisotopic (exact) mass is 233 g/mol. The van der Waals surface area contributed by atoms with E-state index in [9.17, 15) is 4.39 Å². The third kappa shape index (κ3) is 1.65. The van der Waals surface area contributed by atoms with Gasteiger partial charge in [0.05, 0.1) is 11.6 Å². The molecule has 0 amide bonds. The second-order valence-corrected chi connectivity index (χ2v) is 4.27. The summed E-state index contributed by atoms with van der Waals surface area (Å²) in [6.45, 7) is 0. The van der Waals surface area contributed by atoms with E-state index in [1.54, 1.807) is 16.8 Å². The van der Waals surface area contributed by atoms with Crippen LogP contribution in [0.15, 0.2) is 18.2 Å². The molecule has 1 aliphatic rings. The maximum absolute atomic E-state index is 13.8. The SMILES string of the molecule is Nc1ccc(-c2nnnn2C2CCC2)c(F)c1. The molecule has 0 bridgehead atoms. The minimum Gasteiger partial charge on any atom is -0.399 e. The number of tetrazole rings is 1. The normalized spacial score (nSPS) is 15.8. The number of nitrogen functional groups attached to an aromatic ring is 1. The Morgan fingerprint density at radius 3 is 2.82 bits per heavy atom. The van der Waals surface area contributed by atoms with Gasteiger partial charge in [-0.1, -0.05) is 0 Å². The predicted octanol–water partition coefficient (Wildman–Crippen LogP) is 1.79. The summed E-state index contributed by atoms with van der Waals surface area (Å²) in [5.41, 5.74) is 6.31. The molecular formula is C11H12FN5. The zero-order chi connectivity index (χ0) is 11.8. The van der Waals surface area contributed by atoms with E-state index >= 15 is 0 Å². The topological polar surface area (TPSA) is 69.6 Å². The molecule has 0 saturated heterocycles. The zero-order valence-electron chi connectivity index (χ0n) is 9.17. The maximum atomic E-state index is 13.8. The van der Waals surface area contributed by atoms with Crippen molar-refractivity contribution in [3.05, 3.63) is 24.0 Å². The van der Waals surface area contributed by atoms with Gasteiger partial charge in [-0.15, -0.1) is 5.10 Å². The third-order valence-corrected chi connectivity index (χ3v) is 3.15. The number of hydrogen-bond acceptors (Lipinski definition) is 4. The Bertz CT molecular complexity index is 547. The summed E-state index contributed by atoms with van der Waals surface area (Å²) < 4.78 is 15.5. The molecule has 0 unspecified atom stereocenters. The first kappa shape index (κ1) is 10.2. The summed E-state index contributed by atoms with van der Waals surface area (Å²) in [7, 11) is 0. The fraction of sp³-hybridized carbons (Fsp3) is 0.364. The fourth-order valence-electron chi connectivity index (χ4n) is 1.96. The van der Waals surface area contributed by atoms with E-state index in [-0.39, 0.29) is 5.82 Å². The van der Waals surface area contributed by atoms with Crippen LogP contribution in [0.2, 0.25) is 0 Å². The van der Waals surface area contributed by atoms with Gasteiger partial charge >= 0.3 is 0 Å². The molecule has 0 spiro atoms. The van der Waals surface area contributed by atoms with E-state index in [0.717, 1.165) is 12.8 Å². The van der Waals surface area contributed by atoms with Crippen molar-refractivity contribution in [3.8, 4) is 11.4 Å². The smallest absolute Gasteiger partial charge is 0.185 e. The molecule has 17 heavy (non-hydrogen) atoms. The Hall–Kier alpha value is -1.98. The molecule has 0 radical (unpaired) electrons. The molecule has 5 nitrogen and oxygen atoms in total.